The molecule has 1 aliphatic rings. The van der Waals surface area contributed by atoms with Crippen molar-refractivity contribution in [1.82, 2.24) is 14.8 Å². The molecule has 194 valence electrons. The number of methoxy groups -OCH3 is 1. The van der Waals surface area contributed by atoms with Crippen LogP contribution in [0.3, 0.4) is 0 Å². The fraction of sp³-hybridized carbons (Fsp3) is 0.462. The summed E-state index contributed by atoms with van der Waals surface area (Å²) in [7, 11) is 5.34. The summed E-state index contributed by atoms with van der Waals surface area (Å²) >= 11 is 0. The van der Waals surface area contributed by atoms with E-state index in [1.807, 2.05) is 38.4 Å². The Morgan fingerprint density at radius 2 is 1.97 bits per heavy atom. The van der Waals surface area contributed by atoms with Crippen LogP contribution in [0.2, 0.25) is 0 Å². The van der Waals surface area contributed by atoms with Gasteiger partial charge in [0.25, 0.3) is 5.91 Å². The molecule has 1 fully saturated rings. The normalized spacial score (nSPS) is 18.4. The van der Waals surface area contributed by atoms with E-state index in [1.54, 1.807) is 4.90 Å². The molecule has 0 radical (unpaired) electrons. The average molecular weight is 498 g/mol. The monoisotopic (exact) mass is 497 g/mol. The predicted molar refractivity (Wildman–Crippen MR) is 136 cm³/mol. The molecule has 1 aromatic carbocycles. The second-order valence-electron chi connectivity index (χ2n) is 9.42. The van der Waals surface area contributed by atoms with E-state index < -0.39 is 17.7 Å². The largest absolute Gasteiger partial charge is 0.492 e. The molecule has 1 aromatic heterocycles. The number of nitrogens with one attached hydrogen (secondary N) is 1. The van der Waals surface area contributed by atoms with Gasteiger partial charge in [0.05, 0.1) is 13.2 Å². The molecule has 1 saturated heterocycles. The van der Waals surface area contributed by atoms with Crippen molar-refractivity contribution in [3.8, 4) is 11.6 Å². The van der Waals surface area contributed by atoms with Crippen molar-refractivity contribution < 1.29 is 23.9 Å². The number of likely N-dealkylation sites (tertiary alicyclic amines) is 1. The van der Waals surface area contributed by atoms with Crippen LogP contribution in [0.15, 0.2) is 36.4 Å². The highest BCUT2D eigenvalue weighted by Gasteiger charge is 2.34. The van der Waals surface area contributed by atoms with Gasteiger partial charge in [0.2, 0.25) is 5.88 Å². The smallest absolute Gasteiger partial charge is 0.315 e. The topological polar surface area (TPSA) is 127 Å². The number of nitrogens with two attached hydrogens (primary N) is 1. The van der Waals surface area contributed by atoms with E-state index in [9.17, 15) is 14.4 Å². The molecule has 3 atom stereocenters. The molecule has 10 nitrogen and oxygen atoms in total. The van der Waals surface area contributed by atoms with E-state index >= 15 is 0 Å². The number of carbonyl (C=O) groups is 3. The van der Waals surface area contributed by atoms with Gasteiger partial charge in [0.15, 0.2) is 0 Å². The number of hydrogen-bond acceptors (Lipinski definition) is 7. The molecule has 0 bridgehead atoms. The molecule has 3 amide bonds. The summed E-state index contributed by atoms with van der Waals surface area (Å²) in [6, 6.07) is 10.5. The van der Waals surface area contributed by atoms with Crippen molar-refractivity contribution in [3.05, 3.63) is 47.5 Å². The first-order chi connectivity index (χ1) is 17.1. The zero-order valence-electron chi connectivity index (χ0n) is 21.5. The van der Waals surface area contributed by atoms with Crippen LogP contribution >= 0.6 is 0 Å². The molecule has 10 heteroatoms. The van der Waals surface area contributed by atoms with Crippen molar-refractivity contribution in [1.29, 1.82) is 0 Å². The molecule has 3 rings (SSSR count). The second kappa shape index (κ2) is 11.9. The van der Waals surface area contributed by atoms with E-state index in [0.29, 0.717) is 13.2 Å². The van der Waals surface area contributed by atoms with Gasteiger partial charge in [-0.2, -0.15) is 4.98 Å². The van der Waals surface area contributed by atoms with Crippen molar-refractivity contribution in [2.45, 2.75) is 38.8 Å². The zero-order chi connectivity index (χ0) is 26.4. The number of amides is 3. The van der Waals surface area contributed by atoms with Gasteiger partial charge in [-0.05, 0) is 69.6 Å². The number of ether oxygens (including phenoxy) is 2. The van der Waals surface area contributed by atoms with Crippen LogP contribution in [0.25, 0.3) is 0 Å². The maximum atomic E-state index is 13.3. The van der Waals surface area contributed by atoms with Crippen LogP contribution in [0.4, 0.5) is 5.82 Å². The highest BCUT2D eigenvalue weighted by atomic mass is 16.5. The lowest BCUT2D eigenvalue weighted by Crippen LogP contribution is -2.46. The maximum Gasteiger partial charge on any atom is 0.315 e. The standard InChI is InChI=1S/C26H35N5O5/c1-16-9-11-21(18-7-6-8-19(13-18)36-15-17(2)30(3)4)31(14-16)26(34)24(33)28-22-12-10-20(23(27)32)25(29-22)35-5/h6-8,10,12-13,16-17,21H,9,11,14-15H2,1-5H3,(H2,27,32)(H,28,29,33)/t16-,17-,21+/m0/s1. The van der Waals surface area contributed by atoms with Crippen molar-refractivity contribution >= 4 is 23.5 Å². The van der Waals surface area contributed by atoms with Crippen molar-refractivity contribution in [3.63, 3.8) is 0 Å². The quantitative estimate of drug-likeness (QED) is 0.536. The number of likely N-dealkylation sites (N-methyl/N-ethyl adjacent to an activating group) is 1. The Morgan fingerprint density at radius 1 is 1.22 bits per heavy atom. The van der Waals surface area contributed by atoms with Gasteiger partial charge in [-0.3, -0.25) is 14.4 Å². The number of benzene rings is 1. The molecule has 0 unspecified atom stereocenters. The van der Waals surface area contributed by atoms with E-state index in [4.69, 9.17) is 15.2 Å². The van der Waals surface area contributed by atoms with Gasteiger partial charge in [0.1, 0.15) is 23.7 Å². The lowest BCUT2D eigenvalue weighted by atomic mass is 9.89. The molecule has 2 aromatic rings. The Balaban J connectivity index is 1.77. The SMILES string of the molecule is COc1nc(NC(=O)C(=O)N2C[C@@H](C)CC[C@@H]2c2cccc(OC[C@H](C)N(C)C)c2)ccc1C(N)=O. The summed E-state index contributed by atoms with van der Waals surface area (Å²) in [6.45, 7) is 5.13. The summed E-state index contributed by atoms with van der Waals surface area (Å²) in [5.74, 6) is -1.14. The van der Waals surface area contributed by atoms with E-state index in [2.05, 4.69) is 29.0 Å². The predicted octanol–water partition coefficient (Wildman–Crippen LogP) is 2.46. The average Bonchev–Trinajstić information content (AvgIpc) is 2.86. The van der Waals surface area contributed by atoms with Gasteiger partial charge in [-0.15, -0.1) is 0 Å². The highest BCUT2D eigenvalue weighted by Crippen LogP contribution is 2.35. The fourth-order valence-corrected chi connectivity index (χ4v) is 4.05. The lowest BCUT2D eigenvalue weighted by Gasteiger charge is -2.38. The lowest BCUT2D eigenvalue weighted by molar-refractivity contribution is -0.146. The Bertz CT molecular complexity index is 1110. The van der Waals surface area contributed by atoms with Crippen LogP contribution in [0, 0.1) is 5.92 Å². The first-order valence-corrected chi connectivity index (χ1v) is 12.0. The second-order valence-corrected chi connectivity index (χ2v) is 9.42. The minimum absolute atomic E-state index is 0.0300. The number of anilines is 1. The molecule has 2 heterocycles. The van der Waals surface area contributed by atoms with Crippen LogP contribution in [-0.4, -0.2) is 72.9 Å². The summed E-state index contributed by atoms with van der Waals surface area (Å²) < 4.78 is 11.1. The number of piperidine rings is 1. The number of pyridine rings is 1. The summed E-state index contributed by atoms with van der Waals surface area (Å²) in [4.78, 5) is 45.5. The Kier molecular flexibility index (Phi) is 8.87. The van der Waals surface area contributed by atoms with Gasteiger partial charge in [0, 0.05) is 12.6 Å². The van der Waals surface area contributed by atoms with Gasteiger partial charge >= 0.3 is 11.8 Å². The number of nitrogens with zero attached hydrogens (tertiary/aromatic N) is 3. The Morgan fingerprint density at radius 3 is 2.64 bits per heavy atom. The molecule has 3 N–H and O–H groups in total. The molecule has 0 spiro atoms. The van der Waals surface area contributed by atoms with Crippen LogP contribution in [0.5, 0.6) is 11.6 Å². The fourth-order valence-electron chi connectivity index (χ4n) is 4.05. The number of carbonyl (C=O) groups excluding carboxylic acids is 3. The van der Waals surface area contributed by atoms with Crippen LogP contribution < -0.4 is 20.5 Å². The number of aromatic nitrogens is 1. The molecule has 0 aliphatic carbocycles. The summed E-state index contributed by atoms with van der Waals surface area (Å²) in [5, 5.41) is 2.52. The minimum Gasteiger partial charge on any atom is -0.492 e. The van der Waals surface area contributed by atoms with Crippen molar-refractivity contribution in [2.75, 3.05) is 39.7 Å². The Labute approximate surface area is 211 Å². The molecule has 36 heavy (non-hydrogen) atoms. The molecule has 1 aliphatic heterocycles. The molecular weight excluding hydrogens is 462 g/mol. The van der Waals surface area contributed by atoms with Crippen LogP contribution in [-0.2, 0) is 9.59 Å². The Hall–Kier alpha value is -3.66. The first kappa shape index (κ1) is 26.9. The van der Waals surface area contributed by atoms with Crippen molar-refractivity contribution in [2.24, 2.45) is 11.7 Å². The van der Waals surface area contributed by atoms with Crippen LogP contribution in [0.1, 0.15) is 48.7 Å². The number of primary amides is 1. The summed E-state index contributed by atoms with van der Waals surface area (Å²) in [5.41, 5.74) is 6.31. The third-order valence-corrected chi connectivity index (χ3v) is 6.45. The van der Waals surface area contributed by atoms with Gasteiger partial charge < -0.3 is 30.3 Å². The minimum atomic E-state index is -0.817. The van der Waals surface area contributed by atoms with E-state index in [1.165, 1.54) is 19.2 Å². The first-order valence-electron chi connectivity index (χ1n) is 12.0. The van der Waals surface area contributed by atoms with Gasteiger partial charge in [-0.25, -0.2) is 0 Å². The highest BCUT2D eigenvalue weighted by molar-refractivity contribution is 6.39. The zero-order valence-corrected chi connectivity index (χ0v) is 21.5. The number of rotatable bonds is 8. The van der Waals surface area contributed by atoms with E-state index in [0.717, 1.165) is 24.2 Å². The number of hydrogen-bond donors (Lipinski definition) is 2. The van der Waals surface area contributed by atoms with Gasteiger partial charge in [-0.1, -0.05) is 19.1 Å². The summed E-state index contributed by atoms with van der Waals surface area (Å²) in [6.07, 6.45) is 1.67. The van der Waals surface area contributed by atoms with E-state index in [-0.39, 0.29) is 35.3 Å². The third kappa shape index (κ3) is 6.51. The molecular formula is C26H35N5O5. The molecule has 0 saturated carbocycles. The maximum absolute atomic E-state index is 13.3. The third-order valence-electron chi connectivity index (χ3n) is 6.45.